The molecule has 0 N–H and O–H groups in total. The van der Waals surface area contributed by atoms with Gasteiger partial charge >= 0.3 is 0 Å². The predicted molar refractivity (Wildman–Crippen MR) is 120 cm³/mol. The highest BCUT2D eigenvalue weighted by Gasteiger charge is 2.21. The van der Waals surface area contributed by atoms with Crippen LogP contribution in [-0.4, -0.2) is 14.2 Å². The van der Waals surface area contributed by atoms with Crippen molar-refractivity contribution in [3.05, 3.63) is 64.0 Å². The molecule has 0 aliphatic carbocycles. The molecular weight excluding hydrogens is 420 g/mol. The number of methoxy groups -OCH3 is 2. The summed E-state index contributed by atoms with van der Waals surface area (Å²) in [5.74, 6) is 1.95. The third-order valence-electron chi connectivity index (χ3n) is 4.60. The van der Waals surface area contributed by atoms with Crippen LogP contribution in [-0.2, 0) is 0 Å². The molecule has 0 amide bonds. The zero-order valence-corrected chi connectivity index (χ0v) is 18.4. The Bertz CT molecular complexity index is 973. The molecule has 0 saturated carbocycles. The molecule has 3 rings (SSSR count). The number of benzene rings is 2. The van der Waals surface area contributed by atoms with E-state index in [0.29, 0.717) is 5.92 Å². The second-order valence-electron chi connectivity index (χ2n) is 6.55. The minimum absolute atomic E-state index is 0.368. The highest BCUT2D eigenvalue weighted by Crippen LogP contribution is 2.46. The first-order valence-electron chi connectivity index (χ1n) is 8.76. The van der Waals surface area contributed by atoms with Gasteiger partial charge in [0, 0.05) is 31.9 Å². The maximum Gasteiger partial charge on any atom is 0.130 e. The van der Waals surface area contributed by atoms with E-state index >= 15 is 0 Å². The van der Waals surface area contributed by atoms with Gasteiger partial charge in [-0.05, 0) is 56.7 Å². The van der Waals surface area contributed by atoms with E-state index in [1.807, 2.05) is 18.2 Å². The summed E-state index contributed by atoms with van der Waals surface area (Å²) in [6, 6.07) is 12.5. The van der Waals surface area contributed by atoms with Crippen molar-refractivity contribution < 1.29 is 9.47 Å². The van der Waals surface area contributed by atoms with Gasteiger partial charge in [-0.1, -0.05) is 38.6 Å². The monoisotopic (exact) mass is 442 g/mol. The standard InChI is InChI=1S/C23H23BrO2S/c1-6-15-7-9-18(14(2)3)23(22(15)21-11-16(24)13-27-21)19-10-8-17(25-4)12-20(19)26-5/h6-14H,1H2,2-5H3. The average Bonchev–Trinajstić information content (AvgIpc) is 3.11. The summed E-state index contributed by atoms with van der Waals surface area (Å²) in [7, 11) is 3.37. The minimum atomic E-state index is 0.368. The summed E-state index contributed by atoms with van der Waals surface area (Å²) >= 11 is 5.32. The van der Waals surface area contributed by atoms with Crippen molar-refractivity contribution >= 4 is 33.3 Å². The summed E-state index contributed by atoms with van der Waals surface area (Å²) in [6.45, 7) is 8.48. The Labute approximate surface area is 173 Å². The van der Waals surface area contributed by atoms with Gasteiger partial charge in [-0.25, -0.2) is 0 Å². The smallest absolute Gasteiger partial charge is 0.130 e. The van der Waals surface area contributed by atoms with Gasteiger partial charge in [0.15, 0.2) is 0 Å². The molecule has 0 spiro atoms. The van der Waals surface area contributed by atoms with Gasteiger partial charge < -0.3 is 9.47 Å². The van der Waals surface area contributed by atoms with Crippen LogP contribution in [0, 0.1) is 0 Å². The van der Waals surface area contributed by atoms with Crippen molar-refractivity contribution in [2.75, 3.05) is 14.2 Å². The molecule has 1 aromatic heterocycles. The number of ether oxygens (including phenoxy) is 2. The number of hydrogen-bond donors (Lipinski definition) is 0. The van der Waals surface area contributed by atoms with Crippen molar-refractivity contribution in [3.8, 4) is 33.1 Å². The average molecular weight is 443 g/mol. The van der Waals surface area contributed by atoms with Gasteiger partial charge in [0.1, 0.15) is 11.5 Å². The van der Waals surface area contributed by atoms with Crippen LogP contribution >= 0.6 is 27.3 Å². The molecule has 2 aromatic carbocycles. The van der Waals surface area contributed by atoms with Crippen LogP contribution in [0.2, 0.25) is 0 Å². The van der Waals surface area contributed by atoms with E-state index in [4.69, 9.17) is 9.47 Å². The zero-order chi connectivity index (χ0) is 19.6. The van der Waals surface area contributed by atoms with Crippen molar-refractivity contribution in [3.63, 3.8) is 0 Å². The molecule has 1 heterocycles. The Kier molecular flexibility index (Phi) is 6.08. The molecule has 0 bridgehead atoms. The van der Waals surface area contributed by atoms with Crippen LogP contribution in [0.25, 0.3) is 27.6 Å². The normalized spacial score (nSPS) is 10.9. The first kappa shape index (κ1) is 19.7. The van der Waals surface area contributed by atoms with Crippen LogP contribution in [0.3, 0.4) is 0 Å². The van der Waals surface area contributed by atoms with E-state index in [1.165, 1.54) is 21.6 Å². The number of rotatable bonds is 6. The number of hydrogen-bond acceptors (Lipinski definition) is 3. The van der Waals surface area contributed by atoms with E-state index in [1.54, 1.807) is 25.6 Å². The lowest BCUT2D eigenvalue weighted by atomic mass is 9.85. The van der Waals surface area contributed by atoms with E-state index in [2.05, 4.69) is 66.0 Å². The van der Waals surface area contributed by atoms with Crippen LogP contribution in [0.1, 0.15) is 30.9 Å². The minimum Gasteiger partial charge on any atom is -0.497 e. The molecule has 0 fully saturated rings. The van der Waals surface area contributed by atoms with E-state index in [-0.39, 0.29) is 0 Å². The van der Waals surface area contributed by atoms with E-state index in [0.717, 1.165) is 27.1 Å². The number of thiophene rings is 1. The third-order valence-corrected chi connectivity index (χ3v) is 6.31. The highest BCUT2D eigenvalue weighted by molar-refractivity contribution is 9.10. The molecule has 27 heavy (non-hydrogen) atoms. The summed E-state index contributed by atoms with van der Waals surface area (Å²) in [5.41, 5.74) is 5.84. The maximum absolute atomic E-state index is 5.73. The molecule has 2 nitrogen and oxygen atoms in total. The van der Waals surface area contributed by atoms with Crippen molar-refractivity contribution in [1.29, 1.82) is 0 Å². The lowest BCUT2D eigenvalue weighted by Crippen LogP contribution is -1.99. The van der Waals surface area contributed by atoms with Crippen molar-refractivity contribution in [2.24, 2.45) is 0 Å². The van der Waals surface area contributed by atoms with Gasteiger partial charge in [-0.15, -0.1) is 11.3 Å². The fraction of sp³-hybridized carbons (Fsp3) is 0.217. The lowest BCUT2D eigenvalue weighted by molar-refractivity contribution is 0.395. The first-order chi connectivity index (χ1) is 13.0. The van der Waals surface area contributed by atoms with Gasteiger partial charge in [0.05, 0.1) is 14.2 Å². The van der Waals surface area contributed by atoms with Crippen molar-refractivity contribution in [1.82, 2.24) is 0 Å². The van der Waals surface area contributed by atoms with Crippen LogP contribution in [0.5, 0.6) is 11.5 Å². The molecule has 0 radical (unpaired) electrons. The second-order valence-corrected chi connectivity index (χ2v) is 8.38. The van der Waals surface area contributed by atoms with E-state index in [9.17, 15) is 0 Å². The van der Waals surface area contributed by atoms with Crippen LogP contribution < -0.4 is 9.47 Å². The number of halogens is 1. The molecule has 0 aliphatic rings. The molecular formula is C23H23BrO2S. The molecule has 0 aliphatic heterocycles. The van der Waals surface area contributed by atoms with Crippen LogP contribution in [0.15, 0.2) is 52.8 Å². The largest absolute Gasteiger partial charge is 0.497 e. The zero-order valence-electron chi connectivity index (χ0n) is 16.0. The third kappa shape index (κ3) is 3.83. The van der Waals surface area contributed by atoms with Crippen LogP contribution in [0.4, 0.5) is 0 Å². The van der Waals surface area contributed by atoms with Gasteiger partial charge in [0.25, 0.3) is 0 Å². The molecule has 0 atom stereocenters. The summed E-state index contributed by atoms with van der Waals surface area (Å²) in [6.07, 6.45) is 1.92. The van der Waals surface area contributed by atoms with E-state index < -0.39 is 0 Å². The molecule has 3 aromatic rings. The Morgan fingerprint density at radius 1 is 1.04 bits per heavy atom. The molecule has 140 valence electrons. The Morgan fingerprint density at radius 3 is 2.37 bits per heavy atom. The fourth-order valence-electron chi connectivity index (χ4n) is 3.29. The summed E-state index contributed by atoms with van der Waals surface area (Å²) in [5, 5.41) is 2.11. The Morgan fingerprint density at radius 2 is 1.81 bits per heavy atom. The molecule has 4 heteroatoms. The van der Waals surface area contributed by atoms with Crippen molar-refractivity contribution in [2.45, 2.75) is 19.8 Å². The topological polar surface area (TPSA) is 18.5 Å². The second kappa shape index (κ2) is 8.32. The van der Waals surface area contributed by atoms with Gasteiger partial charge in [0.2, 0.25) is 0 Å². The molecule has 0 saturated heterocycles. The fourth-order valence-corrected chi connectivity index (χ4v) is 4.79. The highest BCUT2D eigenvalue weighted by atomic mass is 79.9. The lowest BCUT2D eigenvalue weighted by Gasteiger charge is -2.21. The summed E-state index contributed by atoms with van der Waals surface area (Å²) < 4.78 is 12.2. The first-order valence-corrected chi connectivity index (χ1v) is 10.4. The molecule has 0 unspecified atom stereocenters. The van der Waals surface area contributed by atoms with Gasteiger partial charge in [-0.3, -0.25) is 0 Å². The van der Waals surface area contributed by atoms with Gasteiger partial charge in [-0.2, -0.15) is 0 Å². The summed E-state index contributed by atoms with van der Waals surface area (Å²) in [4.78, 5) is 1.20. The quantitative estimate of drug-likeness (QED) is 0.390. The SMILES string of the molecule is C=Cc1ccc(C(C)C)c(-c2ccc(OC)cc2OC)c1-c1cc(Br)cs1. The maximum atomic E-state index is 5.73. The predicted octanol–water partition coefficient (Wildman–Crippen LogP) is 7.63. The Hall–Kier alpha value is -2.04. The Balaban J connectivity index is 2.41.